The van der Waals surface area contributed by atoms with Crippen LogP contribution in [0.2, 0.25) is 0 Å². The quantitative estimate of drug-likeness (QED) is 0.520. The first-order chi connectivity index (χ1) is 4.33. The molecule has 0 aromatic rings. The standard InChI is InChI=1S/C8H15N/c1-7-2-4-8(6-9)5-3-7/h6-9H,2-5H2,1H3/t7-,8-. The predicted molar refractivity (Wildman–Crippen MR) is 39.9 cm³/mol. The highest BCUT2D eigenvalue weighted by Crippen LogP contribution is 2.26. The Morgan fingerprint density at radius 1 is 1.22 bits per heavy atom. The maximum absolute atomic E-state index is 7.04. The van der Waals surface area contributed by atoms with Gasteiger partial charge in [0, 0.05) is 0 Å². The van der Waals surface area contributed by atoms with Crippen LogP contribution in [0.5, 0.6) is 0 Å². The van der Waals surface area contributed by atoms with Gasteiger partial charge < -0.3 is 5.41 Å². The molecule has 0 bridgehead atoms. The van der Waals surface area contributed by atoms with Gasteiger partial charge in [0.1, 0.15) is 0 Å². The zero-order valence-electron chi connectivity index (χ0n) is 6.06. The molecular weight excluding hydrogens is 110 g/mol. The van der Waals surface area contributed by atoms with E-state index in [2.05, 4.69) is 6.92 Å². The molecule has 0 aliphatic heterocycles. The van der Waals surface area contributed by atoms with Gasteiger partial charge in [0.2, 0.25) is 0 Å². The van der Waals surface area contributed by atoms with Crippen LogP contribution >= 0.6 is 0 Å². The minimum atomic E-state index is 0.612. The second kappa shape index (κ2) is 3.00. The molecule has 0 amide bonds. The van der Waals surface area contributed by atoms with E-state index in [4.69, 9.17) is 5.41 Å². The molecule has 0 unspecified atom stereocenters. The minimum absolute atomic E-state index is 0.612. The second-order valence-corrected chi connectivity index (χ2v) is 3.19. The average Bonchev–Trinajstić information content (AvgIpc) is 1.90. The highest BCUT2D eigenvalue weighted by molar-refractivity contribution is 5.56. The van der Waals surface area contributed by atoms with E-state index in [9.17, 15) is 0 Å². The number of rotatable bonds is 1. The van der Waals surface area contributed by atoms with Crippen LogP contribution in [-0.2, 0) is 0 Å². The summed E-state index contributed by atoms with van der Waals surface area (Å²) in [5, 5.41) is 7.04. The van der Waals surface area contributed by atoms with Crippen molar-refractivity contribution < 1.29 is 0 Å². The lowest BCUT2D eigenvalue weighted by Gasteiger charge is -2.22. The molecule has 0 atom stereocenters. The summed E-state index contributed by atoms with van der Waals surface area (Å²) in [5.41, 5.74) is 0. The van der Waals surface area contributed by atoms with Crippen LogP contribution in [0.25, 0.3) is 0 Å². The van der Waals surface area contributed by atoms with Gasteiger partial charge in [0.15, 0.2) is 0 Å². The summed E-state index contributed by atoms with van der Waals surface area (Å²) in [6.07, 6.45) is 6.79. The maximum atomic E-state index is 7.04. The maximum Gasteiger partial charge on any atom is -0.00167 e. The van der Waals surface area contributed by atoms with Crippen molar-refractivity contribution in [3.8, 4) is 0 Å². The summed E-state index contributed by atoms with van der Waals surface area (Å²) in [4.78, 5) is 0. The zero-order valence-corrected chi connectivity index (χ0v) is 6.06. The van der Waals surface area contributed by atoms with Gasteiger partial charge in [-0.05, 0) is 30.9 Å². The third-order valence-corrected chi connectivity index (χ3v) is 2.30. The van der Waals surface area contributed by atoms with Crippen molar-refractivity contribution in [1.82, 2.24) is 0 Å². The molecule has 52 valence electrons. The molecule has 0 aromatic carbocycles. The van der Waals surface area contributed by atoms with E-state index in [1.807, 2.05) is 0 Å². The van der Waals surface area contributed by atoms with Crippen molar-refractivity contribution >= 4 is 6.21 Å². The van der Waals surface area contributed by atoms with E-state index >= 15 is 0 Å². The fourth-order valence-corrected chi connectivity index (χ4v) is 1.45. The summed E-state index contributed by atoms with van der Waals surface area (Å²) >= 11 is 0. The number of hydrogen-bond acceptors (Lipinski definition) is 1. The lowest BCUT2D eigenvalue weighted by molar-refractivity contribution is 0.347. The van der Waals surface area contributed by atoms with Crippen molar-refractivity contribution in [3.05, 3.63) is 0 Å². The van der Waals surface area contributed by atoms with Crippen molar-refractivity contribution in [1.29, 1.82) is 5.41 Å². The summed E-state index contributed by atoms with van der Waals surface area (Å²) in [5.74, 6) is 1.53. The predicted octanol–water partition coefficient (Wildman–Crippen LogP) is 2.46. The molecule has 1 aliphatic rings. The van der Waals surface area contributed by atoms with Crippen LogP contribution in [-0.4, -0.2) is 6.21 Å². The van der Waals surface area contributed by atoms with E-state index in [0.717, 1.165) is 5.92 Å². The lowest BCUT2D eigenvalue weighted by atomic mass is 9.84. The minimum Gasteiger partial charge on any atom is -0.313 e. The lowest BCUT2D eigenvalue weighted by Crippen LogP contribution is -2.12. The van der Waals surface area contributed by atoms with Crippen LogP contribution in [0.15, 0.2) is 0 Å². The first-order valence-electron chi connectivity index (χ1n) is 3.83. The molecule has 1 rings (SSSR count). The van der Waals surface area contributed by atoms with Crippen LogP contribution in [0, 0.1) is 17.2 Å². The van der Waals surface area contributed by atoms with Gasteiger partial charge in [-0.15, -0.1) is 0 Å². The average molecular weight is 125 g/mol. The topological polar surface area (TPSA) is 23.9 Å². The number of hydrogen-bond donors (Lipinski definition) is 1. The molecule has 0 radical (unpaired) electrons. The SMILES string of the molecule is C[C@H]1CC[C@H](C=N)CC1. The Morgan fingerprint density at radius 2 is 1.78 bits per heavy atom. The van der Waals surface area contributed by atoms with E-state index in [1.54, 1.807) is 6.21 Å². The summed E-state index contributed by atoms with van der Waals surface area (Å²) in [6.45, 7) is 2.31. The first kappa shape index (κ1) is 6.79. The summed E-state index contributed by atoms with van der Waals surface area (Å²) in [6, 6.07) is 0. The molecule has 1 heteroatoms. The van der Waals surface area contributed by atoms with Gasteiger partial charge in [0.05, 0.1) is 0 Å². The molecule has 1 fully saturated rings. The van der Waals surface area contributed by atoms with Crippen molar-refractivity contribution in [2.24, 2.45) is 11.8 Å². The third kappa shape index (κ3) is 1.81. The van der Waals surface area contributed by atoms with Crippen LogP contribution in [0.4, 0.5) is 0 Å². The third-order valence-electron chi connectivity index (χ3n) is 2.30. The van der Waals surface area contributed by atoms with Gasteiger partial charge in [-0.25, -0.2) is 0 Å². The molecule has 1 N–H and O–H groups in total. The molecule has 1 nitrogen and oxygen atoms in total. The molecule has 0 saturated heterocycles. The molecular formula is C8H15N. The zero-order chi connectivity index (χ0) is 6.69. The molecule has 1 aliphatic carbocycles. The fraction of sp³-hybridized carbons (Fsp3) is 0.875. The molecule has 0 spiro atoms. The Bertz CT molecular complexity index is 90.7. The Labute approximate surface area is 57.0 Å². The van der Waals surface area contributed by atoms with Gasteiger partial charge >= 0.3 is 0 Å². The summed E-state index contributed by atoms with van der Waals surface area (Å²) < 4.78 is 0. The molecule has 0 aromatic heterocycles. The smallest absolute Gasteiger partial charge is 0.00167 e. The Morgan fingerprint density at radius 3 is 2.22 bits per heavy atom. The van der Waals surface area contributed by atoms with E-state index < -0.39 is 0 Å². The molecule has 0 heterocycles. The highest BCUT2D eigenvalue weighted by atomic mass is 14.4. The van der Waals surface area contributed by atoms with Crippen LogP contribution in [0.1, 0.15) is 32.6 Å². The normalized spacial score (nSPS) is 36.1. The number of nitrogens with one attached hydrogen (secondary N) is 1. The van der Waals surface area contributed by atoms with E-state index in [-0.39, 0.29) is 0 Å². The van der Waals surface area contributed by atoms with Crippen molar-refractivity contribution in [2.75, 3.05) is 0 Å². The van der Waals surface area contributed by atoms with Crippen molar-refractivity contribution in [2.45, 2.75) is 32.6 Å². The first-order valence-corrected chi connectivity index (χ1v) is 3.83. The molecule has 1 saturated carbocycles. The van der Waals surface area contributed by atoms with E-state index in [1.165, 1.54) is 25.7 Å². The van der Waals surface area contributed by atoms with Crippen LogP contribution < -0.4 is 0 Å². The largest absolute Gasteiger partial charge is 0.313 e. The van der Waals surface area contributed by atoms with Gasteiger partial charge in [-0.1, -0.05) is 19.8 Å². The Balaban J connectivity index is 2.26. The monoisotopic (exact) mass is 125 g/mol. The highest BCUT2D eigenvalue weighted by Gasteiger charge is 2.15. The van der Waals surface area contributed by atoms with Crippen molar-refractivity contribution in [3.63, 3.8) is 0 Å². The van der Waals surface area contributed by atoms with Gasteiger partial charge in [-0.2, -0.15) is 0 Å². The van der Waals surface area contributed by atoms with Gasteiger partial charge in [-0.3, -0.25) is 0 Å². The summed E-state index contributed by atoms with van der Waals surface area (Å²) in [7, 11) is 0. The second-order valence-electron chi connectivity index (χ2n) is 3.19. The Hall–Kier alpha value is -0.330. The van der Waals surface area contributed by atoms with Gasteiger partial charge in [0.25, 0.3) is 0 Å². The fourth-order valence-electron chi connectivity index (χ4n) is 1.45. The van der Waals surface area contributed by atoms with Crippen LogP contribution in [0.3, 0.4) is 0 Å². The van der Waals surface area contributed by atoms with E-state index in [0.29, 0.717) is 5.92 Å². The molecule has 9 heavy (non-hydrogen) atoms. The Kier molecular flexibility index (Phi) is 2.26.